The summed E-state index contributed by atoms with van der Waals surface area (Å²) < 4.78 is 0.341. The van der Waals surface area contributed by atoms with Crippen LogP contribution in [0.15, 0.2) is 53.0 Å². The van der Waals surface area contributed by atoms with Crippen molar-refractivity contribution in [1.29, 1.82) is 0 Å². The Morgan fingerprint density at radius 2 is 1.84 bits per heavy atom. The molecule has 0 aromatic heterocycles. The van der Waals surface area contributed by atoms with Crippen LogP contribution in [0, 0.1) is 10.1 Å². The maximum Gasteiger partial charge on any atom is 0.284 e. The monoisotopic (exact) mass is 320 g/mol. The number of nitro groups is 1. The first kappa shape index (κ1) is 13.2. The van der Waals surface area contributed by atoms with Crippen molar-refractivity contribution in [2.75, 3.05) is 5.32 Å². The number of benzene rings is 2. The maximum absolute atomic E-state index is 12.0. The normalized spacial score (nSPS) is 9.95. The number of rotatable bonds is 3. The molecule has 1 N–H and O–H groups in total. The van der Waals surface area contributed by atoms with Crippen molar-refractivity contribution in [3.05, 3.63) is 68.7 Å². The number of hydrogen-bond donors (Lipinski definition) is 1. The number of carbonyl (C=O) groups excluding carboxylic acids is 1. The number of amides is 1. The minimum atomic E-state index is -0.538. The van der Waals surface area contributed by atoms with Crippen molar-refractivity contribution >= 4 is 33.2 Å². The van der Waals surface area contributed by atoms with E-state index in [0.717, 1.165) is 0 Å². The lowest BCUT2D eigenvalue weighted by atomic mass is 10.2. The number of nitrogens with zero attached hydrogens (tertiary/aromatic N) is 1. The number of carbonyl (C=O) groups is 1. The van der Waals surface area contributed by atoms with Crippen molar-refractivity contribution < 1.29 is 9.72 Å². The van der Waals surface area contributed by atoms with Crippen LogP contribution >= 0.6 is 15.9 Å². The van der Waals surface area contributed by atoms with E-state index in [4.69, 9.17) is 0 Å². The van der Waals surface area contributed by atoms with E-state index in [1.165, 1.54) is 18.2 Å². The third-order valence-corrected chi connectivity index (χ3v) is 3.11. The van der Waals surface area contributed by atoms with Crippen LogP contribution < -0.4 is 5.32 Å². The van der Waals surface area contributed by atoms with Gasteiger partial charge in [0.2, 0.25) is 0 Å². The Morgan fingerprint density at radius 1 is 1.16 bits per heavy atom. The summed E-state index contributed by atoms with van der Waals surface area (Å²) in [6.45, 7) is 0. The molecular formula is C13H9BrN2O3. The zero-order valence-corrected chi connectivity index (χ0v) is 11.3. The van der Waals surface area contributed by atoms with Gasteiger partial charge in [0.1, 0.15) is 0 Å². The van der Waals surface area contributed by atoms with E-state index in [-0.39, 0.29) is 17.2 Å². The summed E-state index contributed by atoms with van der Waals surface area (Å²) in [6.07, 6.45) is 0. The molecule has 2 aromatic carbocycles. The second-order valence-electron chi connectivity index (χ2n) is 3.74. The van der Waals surface area contributed by atoms with Gasteiger partial charge >= 0.3 is 0 Å². The Labute approximate surface area is 117 Å². The minimum Gasteiger partial charge on any atom is -0.322 e. The molecule has 0 aliphatic rings. The van der Waals surface area contributed by atoms with E-state index in [1.807, 2.05) is 6.07 Å². The first-order valence-corrected chi connectivity index (χ1v) is 6.17. The Kier molecular flexibility index (Phi) is 3.91. The SMILES string of the molecule is O=C(Nc1ccccc1)c1ccc(Br)c([N+](=O)[O-])c1. The molecule has 1 amide bonds. The highest BCUT2D eigenvalue weighted by atomic mass is 79.9. The van der Waals surface area contributed by atoms with Gasteiger partial charge in [-0.25, -0.2) is 0 Å². The number of nitrogens with one attached hydrogen (secondary N) is 1. The molecule has 0 heterocycles. The first-order valence-electron chi connectivity index (χ1n) is 5.38. The average Bonchev–Trinajstić information content (AvgIpc) is 2.40. The van der Waals surface area contributed by atoms with Gasteiger partial charge in [0.15, 0.2) is 0 Å². The Morgan fingerprint density at radius 3 is 2.47 bits per heavy atom. The van der Waals surface area contributed by atoms with Crippen molar-refractivity contribution in [2.45, 2.75) is 0 Å². The summed E-state index contributed by atoms with van der Waals surface area (Å²) in [6, 6.07) is 13.1. The van der Waals surface area contributed by atoms with Crippen LogP contribution in [0.1, 0.15) is 10.4 Å². The van der Waals surface area contributed by atoms with Gasteiger partial charge in [0.25, 0.3) is 11.6 Å². The highest BCUT2D eigenvalue weighted by Crippen LogP contribution is 2.25. The molecule has 0 aliphatic heterocycles. The van der Waals surface area contributed by atoms with Gasteiger partial charge in [0, 0.05) is 17.3 Å². The van der Waals surface area contributed by atoms with Crippen LogP contribution in [0.4, 0.5) is 11.4 Å². The molecule has 6 heteroatoms. The minimum absolute atomic E-state index is 0.138. The maximum atomic E-state index is 12.0. The van der Waals surface area contributed by atoms with Crippen LogP contribution in [0.5, 0.6) is 0 Å². The summed E-state index contributed by atoms with van der Waals surface area (Å²) in [5.74, 6) is -0.387. The van der Waals surface area contributed by atoms with Crippen molar-refractivity contribution in [3.8, 4) is 0 Å². The number of hydrogen-bond acceptors (Lipinski definition) is 3. The number of nitro benzene ring substituents is 1. The van der Waals surface area contributed by atoms with E-state index in [9.17, 15) is 14.9 Å². The first-order chi connectivity index (χ1) is 9.08. The predicted molar refractivity (Wildman–Crippen MR) is 75.2 cm³/mol. The van der Waals surface area contributed by atoms with Gasteiger partial charge in [-0.3, -0.25) is 14.9 Å². The molecule has 2 rings (SSSR count). The summed E-state index contributed by atoms with van der Waals surface area (Å²) in [5, 5.41) is 13.5. The molecule has 0 bridgehead atoms. The molecule has 0 saturated heterocycles. The van der Waals surface area contributed by atoms with Crippen LogP contribution in [-0.4, -0.2) is 10.8 Å². The van der Waals surface area contributed by atoms with Crippen molar-refractivity contribution in [2.24, 2.45) is 0 Å². The summed E-state index contributed by atoms with van der Waals surface area (Å²) >= 11 is 3.07. The van der Waals surface area contributed by atoms with Crippen molar-refractivity contribution in [1.82, 2.24) is 0 Å². The highest BCUT2D eigenvalue weighted by Gasteiger charge is 2.15. The Bertz CT molecular complexity index is 629. The zero-order chi connectivity index (χ0) is 13.8. The standard InChI is InChI=1S/C13H9BrN2O3/c14-11-7-6-9(8-12(11)16(18)19)13(17)15-10-4-2-1-3-5-10/h1-8H,(H,15,17). The topological polar surface area (TPSA) is 72.2 Å². The molecule has 0 aliphatic carbocycles. The fraction of sp³-hybridized carbons (Fsp3) is 0. The van der Waals surface area contributed by atoms with E-state index in [1.54, 1.807) is 24.3 Å². The Hall–Kier alpha value is -2.21. The molecule has 0 saturated carbocycles. The van der Waals surface area contributed by atoms with E-state index >= 15 is 0 Å². The average molecular weight is 321 g/mol. The Balaban J connectivity index is 2.25. The molecule has 0 unspecified atom stereocenters. The largest absolute Gasteiger partial charge is 0.322 e. The number of halogens is 1. The molecule has 2 aromatic rings. The number of anilines is 1. The number of para-hydroxylation sites is 1. The smallest absolute Gasteiger partial charge is 0.284 e. The third-order valence-electron chi connectivity index (χ3n) is 2.44. The molecule has 96 valence electrons. The second-order valence-corrected chi connectivity index (χ2v) is 4.60. The van der Waals surface area contributed by atoms with Crippen LogP contribution in [-0.2, 0) is 0 Å². The molecule has 19 heavy (non-hydrogen) atoms. The molecular weight excluding hydrogens is 312 g/mol. The lowest BCUT2D eigenvalue weighted by molar-refractivity contribution is -0.385. The fourth-order valence-electron chi connectivity index (χ4n) is 1.52. The summed E-state index contributed by atoms with van der Waals surface area (Å²) in [4.78, 5) is 22.2. The van der Waals surface area contributed by atoms with Gasteiger partial charge in [-0.1, -0.05) is 18.2 Å². The molecule has 5 nitrogen and oxygen atoms in total. The lowest BCUT2D eigenvalue weighted by Gasteiger charge is -2.05. The zero-order valence-electron chi connectivity index (χ0n) is 9.67. The quantitative estimate of drug-likeness (QED) is 0.693. The van der Waals surface area contributed by atoms with Gasteiger partial charge in [-0.15, -0.1) is 0 Å². The van der Waals surface area contributed by atoms with Crippen LogP contribution in [0.25, 0.3) is 0 Å². The van der Waals surface area contributed by atoms with E-state index in [0.29, 0.717) is 10.2 Å². The van der Waals surface area contributed by atoms with Crippen LogP contribution in [0.3, 0.4) is 0 Å². The van der Waals surface area contributed by atoms with Gasteiger partial charge in [-0.05, 0) is 40.2 Å². The predicted octanol–water partition coefficient (Wildman–Crippen LogP) is 3.61. The van der Waals surface area contributed by atoms with E-state index < -0.39 is 4.92 Å². The summed E-state index contributed by atoms with van der Waals surface area (Å²) in [5.41, 5.74) is 0.734. The molecule has 0 fully saturated rings. The van der Waals surface area contributed by atoms with E-state index in [2.05, 4.69) is 21.2 Å². The summed E-state index contributed by atoms with van der Waals surface area (Å²) in [7, 11) is 0. The van der Waals surface area contributed by atoms with Crippen LogP contribution in [0.2, 0.25) is 0 Å². The molecule has 0 radical (unpaired) electrons. The highest BCUT2D eigenvalue weighted by molar-refractivity contribution is 9.10. The van der Waals surface area contributed by atoms with Crippen molar-refractivity contribution in [3.63, 3.8) is 0 Å². The third kappa shape index (κ3) is 3.17. The second kappa shape index (κ2) is 5.62. The lowest BCUT2D eigenvalue weighted by Crippen LogP contribution is -2.12. The fourth-order valence-corrected chi connectivity index (χ4v) is 1.91. The molecule has 0 atom stereocenters. The molecule has 0 spiro atoms. The van der Waals surface area contributed by atoms with Gasteiger partial charge < -0.3 is 5.32 Å². The van der Waals surface area contributed by atoms with Gasteiger partial charge in [-0.2, -0.15) is 0 Å². The van der Waals surface area contributed by atoms with Gasteiger partial charge in [0.05, 0.1) is 9.40 Å².